The van der Waals surface area contributed by atoms with E-state index >= 15 is 0 Å². The number of rotatable bonds is 1. The number of hydrogen-bond acceptors (Lipinski definition) is 6. The number of carbonyl (C=O) groups is 1. The van der Waals surface area contributed by atoms with E-state index in [1.807, 2.05) is 0 Å². The predicted octanol–water partition coefficient (Wildman–Crippen LogP) is -0.0476. The maximum absolute atomic E-state index is 11.9. The molecule has 7 heteroatoms. The predicted molar refractivity (Wildman–Crippen MR) is 69.7 cm³/mol. The molecule has 1 aliphatic carbocycles. The third-order valence-electron chi connectivity index (χ3n) is 2.81. The first-order valence-electron chi connectivity index (χ1n) is 6.07. The zero-order chi connectivity index (χ0) is 13.9. The summed E-state index contributed by atoms with van der Waals surface area (Å²) in [6.07, 6.45) is 4.39. The molecule has 20 heavy (non-hydrogen) atoms. The molecule has 1 aromatic rings. The molecule has 2 aliphatic rings. The summed E-state index contributed by atoms with van der Waals surface area (Å²) in [5.74, 6) is 0.320. The summed E-state index contributed by atoms with van der Waals surface area (Å²) in [5, 5.41) is 20.3. The largest absolute Gasteiger partial charge is 0.490 e. The first-order chi connectivity index (χ1) is 9.74. The van der Waals surface area contributed by atoms with Crippen LogP contribution in [-0.2, 0) is 9.53 Å². The second-order valence-electron chi connectivity index (χ2n) is 4.19. The highest BCUT2D eigenvalue weighted by Crippen LogP contribution is 2.17. The van der Waals surface area contributed by atoms with Crippen LogP contribution in [0.2, 0.25) is 0 Å². The zero-order valence-corrected chi connectivity index (χ0v) is 10.5. The molecular weight excluding hydrogens is 260 g/mol. The maximum atomic E-state index is 11.9. The molecule has 0 radical (unpaired) electrons. The molecule has 1 fully saturated rings. The van der Waals surface area contributed by atoms with Crippen LogP contribution in [0.5, 0.6) is 0 Å². The average Bonchev–Trinajstić information content (AvgIpc) is 2.46. The fraction of sp³-hybridized carbons (Fsp3) is 0.154. The third-order valence-corrected chi connectivity index (χ3v) is 2.81. The number of fused-ring (bicyclic) bond motifs is 1. The number of hydrogen-bond donors (Lipinski definition) is 2. The maximum Gasteiger partial charge on any atom is 0.208 e. The van der Waals surface area contributed by atoms with Gasteiger partial charge >= 0.3 is 0 Å². The van der Waals surface area contributed by atoms with Crippen LogP contribution in [0.15, 0.2) is 58.2 Å². The quantitative estimate of drug-likeness (QED) is 0.426. The van der Waals surface area contributed by atoms with E-state index in [4.69, 9.17) is 4.74 Å². The Hall–Kier alpha value is -2.83. The summed E-state index contributed by atoms with van der Waals surface area (Å²) in [6.45, 7) is 1.21. The number of pyridine rings is 1. The minimum Gasteiger partial charge on any atom is -0.490 e. The van der Waals surface area contributed by atoms with Gasteiger partial charge in [-0.05, 0) is 12.1 Å². The highest BCUT2D eigenvalue weighted by molar-refractivity contribution is 6.49. The Morgan fingerprint density at radius 1 is 1.30 bits per heavy atom. The van der Waals surface area contributed by atoms with Gasteiger partial charge in [-0.25, -0.2) is 0 Å². The van der Waals surface area contributed by atoms with Gasteiger partial charge in [-0.1, -0.05) is 6.07 Å². The van der Waals surface area contributed by atoms with Gasteiger partial charge in [-0.15, -0.1) is 10.2 Å². The zero-order valence-electron chi connectivity index (χ0n) is 10.5. The first kappa shape index (κ1) is 12.2. The summed E-state index contributed by atoms with van der Waals surface area (Å²) in [5.41, 5.74) is 1.05. The highest BCUT2D eigenvalue weighted by Gasteiger charge is 2.22. The Morgan fingerprint density at radius 3 is 3.05 bits per heavy atom. The summed E-state index contributed by atoms with van der Waals surface area (Å²) >= 11 is 0. The van der Waals surface area contributed by atoms with Gasteiger partial charge < -0.3 is 15.3 Å². The third kappa shape index (κ3) is 2.33. The Balaban J connectivity index is 1.95. The van der Waals surface area contributed by atoms with Gasteiger partial charge in [-0.2, -0.15) is 4.73 Å². The van der Waals surface area contributed by atoms with Crippen molar-refractivity contribution < 1.29 is 14.7 Å². The number of nitrogens with one attached hydrogen (secondary N) is 1. The van der Waals surface area contributed by atoms with Crippen LogP contribution in [0.25, 0.3) is 0 Å². The lowest BCUT2D eigenvalue weighted by molar-refractivity contribution is -0.109. The minimum atomic E-state index is -0.258. The lowest BCUT2D eigenvalue weighted by Crippen LogP contribution is -2.31. The molecule has 1 saturated heterocycles. The van der Waals surface area contributed by atoms with E-state index in [-0.39, 0.29) is 17.0 Å². The van der Waals surface area contributed by atoms with Gasteiger partial charge in [0.15, 0.2) is 5.49 Å². The van der Waals surface area contributed by atoms with Crippen LogP contribution in [0.3, 0.4) is 0 Å². The lowest BCUT2D eigenvalue weighted by atomic mass is 10.1. The smallest absolute Gasteiger partial charge is 0.208 e. The van der Waals surface area contributed by atoms with Crippen molar-refractivity contribution in [2.24, 2.45) is 10.2 Å². The van der Waals surface area contributed by atoms with Crippen LogP contribution in [0.4, 0.5) is 0 Å². The van der Waals surface area contributed by atoms with Crippen molar-refractivity contribution in [1.29, 1.82) is 0 Å². The van der Waals surface area contributed by atoms with Crippen LogP contribution >= 0.6 is 0 Å². The van der Waals surface area contributed by atoms with Gasteiger partial charge in [0.25, 0.3) is 0 Å². The number of aromatic nitrogens is 1. The molecule has 0 amide bonds. The van der Waals surface area contributed by atoms with Crippen LogP contribution in [0.1, 0.15) is 0 Å². The minimum absolute atomic E-state index is 0.163. The summed E-state index contributed by atoms with van der Waals surface area (Å²) in [4.78, 5) is 11.9. The average molecular weight is 272 g/mol. The van der Waals surface area contributed by atoms with E-state index in [9.17, 15) is 10.0 Å². The van der Waals surface area contributed by atoms with Gasteiger partial charge in [-0.3, -0.25) is 4.79 Å². The van der Waals surface area contributed by atoms with Gasteiger partial charge in [0.05, 0.1) is 5.70 Å². The van der Waals surface area contributed by atoms with Crippen molar-refractivity contribution in [3.63, 3.8) is 0 Å². The number of carbonyl (C=O) groups excluding carboxylic acids is 1. The normalized spacial score (nSPS) is 20.7. The van der Waals surface area contributed by atoms with Crippen LogP contribution < -0.4 is 10.8 Å². The first-order valence-corrected chi connectivity index (χ1v) is 6.07. The van der Waals surface area contributed by atoms with Crippen molar-refractivity contribution in [2.45, 2.75) is 0 Å². The summed E-state index contributed by atoms with van der Waals surface area (Å²) in [7, 11) is 0. The molecule has 0 spiro atoms. The van der Waals surface area contributed by atoms with E-state index in [0.29, 0.717) is 24.6 Å². The molecule has 2 N–H and O–H groups in total. The van der Waals surface area contributed by atoms with Crippen LogP contribution in [-0.4, -0.2) is 34.6 Å². The van der Waals surface area contributed by atoms with Crippen molar-refractivity contribution >= 4 is 11.5 Å². The monoisotopic (exact) mass is 272 g/mol. The Bertz CT molecular complexity index is 712. The molecule has 0 unspecified atom stereocenters. The Labute approximate surface area is 114 Å². The van der Waals surface area contributed by atoms with Gasteiger partial charge in [0.2, 0.25) is 5.78 Å². The van der Waals surface area contributed by atoms with E-state index in [1.165, 1.54) is 18.3 Å². The SMILES string of the molecule is O=C1C=C2NCCOC2=CC1=N/N=c1\ccccn1O. The van der Waals surface area contributed by atoms with Crippen molar-refractivity contribution in [3.8, 4) is 0 Å². The number of ketones is 1. The number of ether oxygens (including phenoxy) is 1. The molecule has 0 atom stereocenters. The molecule has 3 rings (SSSR count). The molecule has 1 aromatic heterocycles. The lowest BCUT2D eigenvalue weighted by Gasteiger charge is -2.23. The van der Waals surface area contributed by atoms with E-state index in [2.05, 4.69) is 15.5 Å². The molecule has 0 aromatic carbocycles. The Kier molecular flexibility index (Phi) is 3.08. The summed E-state index contributed by atoms with van der Waals surface area (Å²) in [6, 6.07) is 4.93. The Morgan fingerprint density at radius 2 is 2.20 bits per heavy atom. The second-order valence-corrected chi connectivity index (χ2v) is 4.19. The van der Waals surface area contributed by atoms with E-state index < -0.39 is 0 Å². The van der Waals surface area contributed by atoms with Gasteiger partial charge in [0, 0.05) is 24.9 Å². The summed E-state index contributed by atoms with van der Waals surface area (Å²) < 4.78 is 6.26. The molecule has 0 saturated carbocycles. The topological polar surface area (TPSA) is 88.2 Å². The number of allylic oxidation sites excluding steroid dienone is 2. The van der Waals surface area contributed by atoms with Crippen LogP contribution in [0, 0.1) is 0 Å². The second kappa shape index (κ2) is 5.04. The van der Waals surface area contributed by atoms with E-state index in [1.54, 1.807) is 18.2 Å². The fourth-order valence-corrected chi connectivity index (χ4v) is 1.84. The van der Waals surface area contributed by atoms with Crippen molar-refractivity contribution in [3.05, 3.63) is 53.5 Å². The molecule has 0 bridgehead atoms. The molecule has 102 valence electrons. The molecule has 1 aliphatic heterocycles. The number of morpholine rings is 1. The molecule has 7 nitrogen and oxygen atoms in total. The number of nitrogens with zero attached hydrogens (tertiary/aromatic N) is 3. The highest BCUT2D eigenvalue weighted by atomic mass is 16.5. The van der Waals surface area contributed by atoms with Crippen molar-refractivity contribution in [2.75, 3.05) is 13.2 Å². The molecule has 2 heterocycles. The molecular formula is C13H12N4O3. The standard InChI is InChI=1S/C13H12N4O3/c18-11-7-10-12(20-6-4-14-10)8-9(11)15-16-13-3-1-2-5-17(13)19/h1-3,5,7-8,14,19H,4,6H2/b15-9?,16-13+. The van der Waals surface area contributed by atoms with E-state index in [0.717, 1.165) is 4.73 Å². The van der Waals surface area contributed by atoms with Gasteiger partial charge in [0.1, 0.15) is 18.1 Å². The fourth-order valence-electron chi connectivity index (χ4n) is 1.84. The van der Waals surface area contributed by atoms with Crippen molar-refractivity contribution in [1.82, 2.24) is 10.0 Å².